The molecule has 6 rings (SSSR count). The highest BCUT2D eigenvalue weighted by atomic mass is 16.1. The van der Waals surface area contributed by atoms with E-state index in [-0.39, 0.29) is 0 Å². The van der Waals surface area contributed by atoms with E-state index in [1.807, 2.05) is 6.08 Å². The van der Waals surface area contributed by atoms with Crippen molar-refractivity contribution in [1.82, 2.24) is 0 Å². The first kappa shape index (κ1) is 23.9. The molecule has 6 aliphatic carbocycles. The Kier molecular flexibility index (Phi) is 7.32. The summed E-state index contributed by atoms with van der Waals surface area (Å²) in [6, 6.07) is 0. The van der Waals surface area contributed by atoms with Gasteiger partial charge in [0.2, 0.25) is 0 Å². The Hall–Kier alpha value is -1.84. The van der Waals surface area contributed by atoms with E-state index in [0.717, 1.165) is 103 Å². The van der Waals surface area contributed by atoms with Crippen LogP contribution in [0.4, 0.5) is 0 Å². The third-order valence-corrected chi connectivity index (χ3v) is 9.78. The average molecular weight is 465 g/mol. The van der Waals surface area contributed by atoms with E-state index < -0.39 is 0 Å². The molecule has 0 aromatic carbocycles. The van der Waals surface area contributed by atoms with E-state index in [1.165, 1.54) is 16.7 Å². The van der Waals surface area contributed by atoms with Gasteiger partial charge in [-0.2, -0.15) is 0 Å². The normalized spacial score (nSPS) is 36.0. The molecule has 184 valence electrons. The molecule has 0 aromatic heterocycles. The number of allylic oxidation sites excluding steroid dienone is 4. The second kappa shape index (κ2) is 10.4. The van der Waals surface area contributed by atoms with Crippen LogP contribution in [0, 0.1) is 29.6 Å². The highest BCUT2D eigenvalue weighted by Crippen LogP contribution is 2.45. The Morgan fingerprint density at radius 3 is 2.03 bits per heavy atom. The van der Waals surface area contributed by atoms with Crippen molar-refractivity contribution in [3.05, 3.63) is 22.8 Å². The van der Waals surface area contributed by atoms with Crippen LogP contribution in [-0.4, -0.2) is 23.1 Å². The van der Waals surface area contributed by atoms with Crippen LogP contribution in [0.15, 0.2) is 22.8 Å². The number of fused-ring (bicyclic) bond motifs is 1. The molecule has 4 heteroatoms. The van der Waals surface area contributed by atoms with Crippen LogP contribution in [-0.2, 0) is 19.2 Å². The molecule has 6 aliphatic rings. The van der Waals surface area contributed by atoms with Gasteiger partial charge in [-0.1, -0.05) is 16.7 Å². The molecular formula is C30H40O4. The summed E-state index contributed by atoms with van der Waals surface area (Å²) in [4.78, 5) is 46.4. The van der Waals surface area contributed by atoms with Crippen LogP contribution < -0.4 is 0 Å². The van der Waals surface area contributed by atoms with Gasteiger partial charge in [-0.25, -0.2) is 0 Å². The standard InChI is InChI=1S/2C15H20O2/c2*16-13-7-6-10-8-12(5-4-11(10)9-13)14-2-1-3-15(14)17/h12,14H,1-9H2;9-10,12,14H,1-8H2. The van der Waals surface area contributed by atoms with Crippen LogP contribution in [0.1, 0.15) is 109 Å². The van der Waals surface area contributed by atoms with Gasteiger partial charge in [0.15, 0.2) is 5.78 Å². The van der Waals surface area contributed by atoms with Crippen LogP contribution in [0.2, 0.25) is 0 Å². The zero-order valence-corrected chi connectivity index (χ0v) is 20.6. The van der Waals surface area contributed by atoms with Crippen molar-refractivity contribution in [2.45, 2.75) is 109 Å². The quantitative estimate of drug-likeness (QED) is 0.452. The lowest BCUT2D eigenvalue weighted by atomic mass is 9.69. The van der Waals surface area contributed by atoms with Crippen molar-refractivity contribution < 1.29 is 19.2 Å². The maximum absolute atomic E-state index is 11.8. The first-order valence-electron chi connectivity index (χ1n) is 14.0. The van der Waals surface area contributed by atoms with Gasteiger partial charge in [0.1, 0.15) is 17.3 Å². The van der Waals surface area contributed by atoms with Crippen molar-refractivity contribution in [2.24, 2.45) is 29.6 Å². The van der Waals surface area contributed by atoms with Crippen LogP contribution in [0.5, 0.6) is 0 Å². The molecule has 0 heterocycles. The molecule has 0 bridgehead atoms. The zero-order chi connectivity index (χ0) is 23.7. The molecule has 34 heavy (non-hydrogen) atoms. The summed E-state index contributed by atoms with van der Waals surface area (Å²) in [7, 11) is 0. The SMILES string of the molecule is O=C1C=C2CCC(C3CCCC3=O)CC2CC1.O=C1CCC2=C(CCC(C3CCCC3=O)C2)C1. The Balaban J connectivity index is 0.000000142. The van der Waals surface area contributed by atoms with Crippen molar-refractivity contribution >= 4 is 23.1 Å². The van der Waals surface area contributed by atoms with Gasteiger partial charge in [0.25, 0.3) is 0 Å². The number of carbonyl (C=O) groups excluding carboxylic acids is 4. The smallest absolute Gasteiger partial charge is 0.155 e. The number of ketones is 4. The number of hydrogen-bond acceptors (Lipinski definition) is 4. The van der Waals surface area contributed by atoms with E-state index in [2.05, 4.69) is 0 Å². The monoisotopic (exact) mass is 464 g/mol. The van der Waals surface area contributed by atoms with Gasteiger partial charge in [-0.15, -0.1) is 0 Å². The number of rotatable bonds is 2. The minimum absolute atomic E-state index is 0.312. The summed E-state index contributed by atoms with van der Waals surface area (Å²) >= 11 is 0. The summed E-state index contributed by atoms with van der Waals surface area (Å²) in [5, 5.41) is 0. The average Bonchev–Trinajstić information content (AvgIpc) is 3.46. The lowest BCUT2D eigenvalue weighted by Crippen LogP contribution is -2.28. The first-order chi connectivity index (χ1) is 16.5. The molecule has 0 radical (unpaired) electrons. The number of Topliss-reactive ketones (excluding diaryl/α,β-unsaturated/α-hetero) is 3. The lowest BCUT2D eigenvalue weighted by Gasteiger charge is -2.36. The highest BCUT2D eigenvalue weighted by molar-refractivity contribution is 5.91. The molecule has 3 fully saturated rings. The van der Waals surface area contributed by atoms with E-state index >= 15 is 0 Å². The van der Waals surface area contributed by atoms with E-state index in [1.54, 1.807) is 0 Å². The van der Waals surface area contributed by atoms with Gasteiger partial charge < -0.3 is 0 Å². The molecule has 0 aromatic rings. The molecule has 0 saturated heterocycles. The lowest BCUT2D eigenvalue weighted by molar-refractivity contribution is -0.123. The summed E-state index contributed by atoms with van der Waals surface area (Å²) in [5.74, 6) is 4.26. The first-order valence-corrected chi connectivity index (χ1v) is 14.0. The Labute approximate surface area is 204 Å². The molecule has 0 aliphatic heterocycles. The second-order valence-electron chi connectivity index (χ2n) is 11.8. The van der Waals surface area contributed by atoms with E-state index in [4.69, 9.17) is 0 Å². The predicted molar refractivity (Wildman–Crippen MR) is 131 cm³/mol. The van der Waals surface area contributed by atoms with Crippen LogP contribution in [0.25, 0.3) is 0 Å². The third kappa shape index (κ3) is 5.21. The maximum atomic E-state index is 11.8. The van der Waals surface area contributed by atoms with E-state index in [9.17, 15) is 19.2 Å². The molecule has 0 amide bonds. The van der Waals surface area contributed by atoms with Gasteiger partial charge in [0, 0.05) is 43.9 Å². The molecular weight excluding hydrogens is 424 g/mol. The summed E-state index contributed by atoms with van der Waals surface area (Å²) < 4.78 is 0. The Bertz CT molecular complexity index is 922. The third-order valence-electron chi connectivity index (χ3n) is 9.78. The van der Waals surface area contributed by atoms with Gasteiger partial charge in [-0.3, -0.25) is 19.2 Å². The van der Waals surface area contributed by atoms with Crippen LogP contribution in [0.3, 0.4) is 0 Å². The molecule has 3 saturated carbocycles. The fourth-order valence-corrected chi connectivity index (χ4v) is 7.88. The molecule has 0 N–H and O–H groups in total. The number of hydrogen-bond donors (Lipinski definition) is 0. The molecule has 0 spiro atoms. The van der Waals surface area contributed by atoms with Gasteiger partial charge in [-0.05, 0) is 101 Å². The summed E-state index contributed by atoms with van der Waals surface area (Å²) in [6.07, 6.45) is 18.8. The van der Waals surface area contributed by atoms with Crippen molar-refractivity contribution in [2.75, 3.05) is 0 Å². The van der Waals surface area contributed by atoms with Crippen LogP contribution >= 0.6 is 0 Å². The van der Waals surface area contributed by atoms with Gasteiger partial charge >= 0.3 is 0 Å². The maximum Gasteiger partial charge on any atom is 0.155 e. The minimum atomic E-state index is 0.312. The van der Waals surface area contributed by atoms with Crippen molar-refractivity contribution in [3.63, 3.8) is 0 Å². The Morgan fingerprint density at radius 2 is 1.32 bits per heavy atom. The van der Waals surface area contributed by atoms with Crippen molar-refractivity contribution in [1.29, 1.82) is 0 Å². The highest BCUT2D eigenvalue weighted by Gasteiger charge is 2.38. The number of carbonyl (C=O) groups is 4. The van der Waals surface area contributed by atoms with Gasteiger partial charge in [0.05, 0.1) is 0 Å². The summed E-state index contributed by atoms with van der Waals surface area (Å²) in [6.45, 7) is 0. The molecule has 5 atom stereocenters. The van der Waals surface area contributed by atoms with Crippen molar-refractivity contribution in [3.8, 4) is 0 Å². The van der Waals surface area contributed by atoms with E-state index in [0.29, 0.717) is 59.1 Å². The topological polar surface area (TPSA) is 68.3 Å². The Morgan fingerprint density at radius 1 is 0.618 bits per heavy atom. The summed E-state index contributed by atoms with van der Waals surface area (Å²) in [5.41, 5.74) is 4.33. The predicted octanol–water partition coefficient (Wildman–Crippen LogP) is 6.27. The zero-order valence-electron chi connectivity index (χ0n) is 20.6. The molecule has 5 unspecified atom stereocenters. The fourth-order valence-electron chi connectivity index (χ4n) is 7.88. The fraction of sp³-hybridized carbons (Fsp3) is 0.733. The second-order valence-corrected chi connectivity index (χ2v) is 11.8. The largest absolute Gasteiger partial charge is 0.299 e. The minimum Gasteiger partial charge on any atom is -0.299 e. The molecule has 4 nitrogen and oxygen atoms in total.